The molecule has 0 saturated heterocycles. The zero-order valence-corrected chi connectivity index (χ0v) is 11.3. The summed E-state index contributed by atoms with van der Waals surface area (Å²) in [5.74, 6) is 0.988. The Morgan fingerprint density at radius 3 is 2.82 bits per heavy atom. The molecule has 0 spiro atoms. The summed E-state index contributed by atoms with van der Waals surface area (Å²) in [5, 5.41) is 3.49. The second-order valence-corrected chi connectivity index (χ2v) is 4.54. The molecular weight excluding hydrogens is 210 g/mol. The summed E-state index contributed by atoms with van der Waals surface area (Å²) in [4.78, 5) is 0. The van der Waals surface area contributed by atoms with Crippen molar-refractivity contribution in [3.63, 3.8) is 0 Å². The molecule has 96 valence electrons. The van der Waals surface area contributed by atoms with E-state index in [4.69, 9.17) is 4.74 Å². The highest BCUT2D eigenvalue weighted by molar-refractivity contribution is 5.28. The van der Waals surface area contributed by atoms with Crippen LogP contribution >= 0.6 is 0 Å². The molecule has 0 bridgehead atoms. The first-order chi connectivity index (χ1) is 8.26. The number of unbranched alkanes of at least 4 members (excludes halogenated alkanes) is 1. The maximum Gasteiger partial charge on any atom is 0.119 e. The van der Waals surface area contributed by atoms with Gasteiger partial charge in [0.25, 0.3) is 0 Å². The van der Waals surface area contributed by atoms with Crippen LogP contribution in [0.25, 0.3) is 0 Å². The summed E-state index contributed by atoms with van der Waals surface area (Å²) in [6.07, 6.45) is 3.46. The number of ether oxygens (including phenoxy) is 1. The van der Waals surface area contributed by atoms with E-state index in [2.05, 4.69) is 44.3 Å². The highest BCUT2D eigenvalue weighted by Crippen LogP contribution is 2.14. The first-order valence-electron chi connectivity index (χ1n) is 6.71. The second kappa shape index (κ2) is 8.13. The lowest BCUT2D eigenvalue weighted by Gasteiger charge is -2.12. The number of rotatable bonds is 8. The quantitative estimate of drug-likeness (QED) is 0.693. The highest BCUT2D eigenvalue weighted by atomic mass is 16.5. The largest absolute Gasteiger partial charge is 0.494 e. The smallest absolute Gasteiger partial charge is 0.119 e. The highest BCUT2D eigenvalue weighted by Gasteiger charge is 2.00. The lowest BCUT2D eigenvalue weighted by Crippen LogP contribution is -2.24. The van der Waals surface area contributed by atoms with Crippen molar-refractivity contribution in [1.82, 2.24) is 5.32 Å². The van der Waals surface area contributed by atoms with Gasteiger partial charge in [-0.05, 0) is 37.5 Å². The fraction of sp³-hybridized carbons (Fsp3) is 0.600. The van der Waals surface area contributed by atoms with Crippen LogP contribution in [-0.2, 0) is 6.54 Å². The first-order valence-corrected chi connectivity index (χ1v) is 6.71. The second-order valence-electron chi connectivity index (χ2n) is 4.54. The molecule has 1 aromatic rings. The molecule has 0 aliphatic rings. The predicted molar refractivity (Wildman–Crippen MR) is 73.4 cm³/mol. The van der Waals surface area contributed by atoms with Gasteiger partial charge in [-0.2, -0.15) is 0 Å². The van der Waals surface area contributed by atoms with Gasteiger partial charge in [0.05, 0.1) is 6.61 Å². The molecule has 1 aromatic carbocycles. The summed E-state index contributed by atoms with van der Waals surface area (Å²) < 4.78 is 5.69. The van der Waals surface area contributed by atoms with Gasteiger partial charge >= 0.3 is 0 Å². The van der Waals surface area contributed by atoms with Crippen LogP contribution in [0.15, 0.2) is 24.3 Å². The molecule has 0 saturated carbocycles. The Labute approximate surface area is 105 Å². The predicted octanol–water partition coefficient (Wildman–Crippen LogP) is 3.75. The summed E-state index contributed by atoms with van der Waals surface area (Å²) in [5.41, 5.74) is 1.29. The zero-order chi connectivity index (χ0) is 12.5. The van der Waals surface area contributed by atoms with Gasteiger partial charge in [-0.3, -0.25) is 0 Å². The number of hydrogen-bond donors (Lipinski definition) is 1. The van der Waals surface area contributed by atoms with E-state index in [1.54, 1.807) is 0 Å². The Balaban J connectivity index is 2.42. The average Bonchev–Trinajstić information content (AvgIpc) is 2.37. The van der Waals surface area contributed by atoms with Crippen LogP contribution in [0.4, 0.5) is 0 Å². The topological polar surface area (TPSA) is 21.3 Å². The maximum absolute atomic E-state index is 5.69. The standard InChI is InChI=1S/C15H25NO/c1-4-6-10-17-15-9-7-8-14(11-15)12-16-13(3)5-2/h7-9,11,13,16H,4-6,10,12H2,1-3H3. The van der Waals surface area contributed by atoms with Crippen molar-refractivity contribution >= 4 is 0 Å². The molecule has 0 aliphatic carbocycles. The van der Waals surface area contributed by atoms with E-state index in [-0.39, 0.29) is 0 Å². The van der Waals surface area contributed by atoms with Gasteiger partial charge in [-0.15, -0.1) is 0 Å². The van der Waals surface area contributed by atoms with Gasteiger partial charge in [0.2, 0.25) is 0 Å². The summed E-state index contributed by atoms with van der Waals surface area (Å²) >= 11 is 0. The Bertz CT molecular complexity index is 312. The molecule has 1 atom stereocenters. The molecule has 1 N–H and O–H groups in total. The van der Waals surface area contributed by atoms with Crippen LogP contribution < -0.4 is 10.1 Å². The van der Waals surface area contributed by atoms with Crippen LogP contribution in [0.3, 0.4) is 0 Å². The normalized spacial score (nSPS) is 12.4. The molecule has 2 nitrogen and oxygen atoms in total. The van der Waals surface area contributed by atoms with Gasteiger partial charge in [-0.25, -0.2) is 0 Å². The van der Waals surface area contributed by atoms with Gasteiger partial charge in [0.15, 0.2) is 0 Å². The van der Waals surface area contributed by atoms with Gasteiger partial charge < -0.3 is 10.1 Å². The fourth-order valence-corrected chi connectivity index (χ4v) is 1.52. The molecule has 0 fully saturated rings. The van der Waals surface area contributed by atoms with E-state index in [1.807, 2.05) is 6.07 Å². The molecule has 0 aromatic heterocycles. The lowest BCUT2D eigenvalue weighted by molar-refractivity contribution is 0.309. The molecule has 0 heterocycles. The third kappa shape index (κ3) is 5.73. The number of benzene rings is 1. The van der Waals surface area contributed by atoms with Crippen molar-refractivity contribution < 1.29 is 4.74 Å². The molecule has 0 radical (unpaired) electrons. The fourth-order valence-electron chi connectivity index (χ4n) is 1.52. The van der Waals surface area contributed by atoms with Crippen LogP contribution in [0.2, 0.25) is 0 Å². The Kier molecular flexibility index (Phi) is 6.71. The zero-order valence-electron chi connectivity index (χ0n) is 11.3. The Morgan fingerprint density at radius 2 is 2.12 bits per heavy atom. The average molecular weight is 235 g/mol. The molecule has 0 aliphatic heterocycles. The van der Waals surface area contributed by atoms with E-state index in [1.165, 1.54) is 12.0 Å². The molecule has 1 rings (SSSR count). The summed E-state index contributed by atoms with van der Waals surface area (Å²) in [6.45, 7) is 8.32. The first kappa shape index (κ1) is 14.0. The minimum absolute atomic E-state index is 0.569. The van der Waals surface area contributed by atoms with E-state index < -0.39 is 0 Å². The van der Waals surface area contributed by atoms with Crippen LogP contribution in [0.1, 0.15) is 45.6 Å². The Hall–Kier alpha value is -1.02. The third-order valence-electron chi connectivity index (χ3n) is 2.93. The lowest BCUT2D eigenvalue weighted by atomic mass is 10.2. The minimum Gasteiger partial charge on any atom is -0.494 e. The van der Waals surface area contributed by atoms with Crippen LogP contribution in [0.5, 0.6) is 5.75 Å². The van der Waals surface area contributed by atoms with E-state index >= 15 is 0 Å². The van der Waals surface area contributed by atoms with Crippen molar-refractivity contribution in [3.05, 3.63) is 29.8 Å². The number of hydrogen-bond acceptors (Lipinski definition) is 2. The Morgan fingerprint density at radius 1 is 1.29 bits per heavy atom. The van der Waals surface area contributed by atoms with Crippen LogP contribution in [-0.4, -0.2) is 12.6 Å². The van der Waals surface area contributed by atoms with Gasteiger partial charge in [-0.1, -0.05) is 32.4 Å². The molecular formula is C15H25NO. The van der Waals surface area contributed by atoms with Crippen LogP contribution in [0, 0.1) is 0 Å². The number of nitrogens with one attached hydrogen (secondary N) is 1. The van der Waals surface area contributed by atoms with Crippen molar-refractivity contribution in [2.45, 2.75) is 52.6 Å². The monoisotopic (exact) mass is 235 g/mol. The van der Waals surface area contributed by atoms with E-state index in [0.29, 0.717) is 6.04 Å². The van der Waals surface area contributed by atoms with Crippen molar-refractivity contribution in [2.75, 3.05) is 6.61 Å². The van der Waals surface area contributed by atoms with Crippen molar-refractivity contribution in [1.29, 1.82) is 0 Å². The summed E-state index contributed by atoms with van der Waals surface area (Å²) in [7, 11) is 0. The third-order valence-corrected chi connectivity index (χ3v) is 2.93. The molecule has 0 amide bonds. The van der Waals surface area contributed by atoms with Gasteiger partial charge in [0.1, 0.15) is 5.75 Å². The van der Waals surface area contributed by atoms with E-state index in [0.717, 1.165) is 31.7 Å². The van der Waals surface area contributed by atoms with Crippen molar-refractivity contribution in [3.8, 4) is 5.75 Å². The van der Waals surface area contributed by atoms with Gasteiger partial charge in [0, 0.05) is 12.6 Å². The minimum atomic E-state index is 0.569. The maximum atomic E-state index is 5.69. The summed E-state index contributed by atoms with van der Waals surface area (Å²) in [6, 6.07) is 8.93. The molecule has 2 heteroatoms. The molecule has 1 unspecified atom stereocenters. The van der Waals surface area contributed by atoms with E-state index in [9.17, 15) is 0 Å². The molecule has 17 heavy (non-hydrogen) atoms. The SMILES string of the molecule is CCCCOc1cccc(CNC(C)CC)c1. The van der Waals surface area contributed by atoms with Crippen molar-refractivity contribution in [2.24, 2.45) is 0 Å².